The van der Waals surface area contributed by atoms with Crippen LogP contribution in [0.2, 0.25) is 0 Å². The van der Waals surface area contributed by atoms with Crippen LogP contribution in [-0.4, -0.2) is 23.4 Å². The number of rotatable bonds is 5. The number of aliphatic hydroxyl groups excluding tert-OH is 2. The van der Waals surface area contributed by atoms with Crippen molar-refractivity contribution in [1.82, 2.24) is 0 Å². The maximum absolute atomic E-state index is 13.8. The number of halogens is 2. The highest BCUT2D eigenvalue weighted by molar-refractivity contribution is 9.10. The van der Waals surface area contributed by atoms with E-state index < -0.39 is 5.41 Å². The van der Waals surface area contributed by atoms with Crippen molar-refractivity contribution < 1.29 is 14.6 Å². The third-order valence-corrected chi connectivity index (χ3v) is 4.02. The van der Waals surface area contributed by atoms with Crippen molar-refractivity contribution in [3.05, 3.63) is 69.9 Å². The van der Waals surface area contributed by atoms with E-state index in [-0.39, 0.29) is 25.5 Å². The lowest BCUT2D eigenvalue weighted by atomic mass is 9.77. The minimum absolute atomic E-state index is 0.239. The highest BCUT2D eigenvalue weighted by Gasteiger charge is 2.32. The molecule has 0 atom stereocenters. The zero-order chi connectivity index (χ0) is 14.6. The van der Waals surface area contributed by atoms with Gasteiger partial charge in [-0.1, -0.05) is 46.3 Å². The van der Waals surface area contributed by atoms with E-state index in [4.69, 9.17) is 0 Å². The molecule has 0 fully saturated rings. The van der Waals surface area contributed by atoms with Crippen LogP contribution in [0.15, 0.2) is 53.0 Å². The highest BCUT2D eigenvalue weighted by atomic mass is 79.9. The van der Waals surface area contributed by atoms with Crippen molar-refractivity contribution >= 4 is 15.9 Å². The molecular formula is C16H16BrFO2. The van der Waals surface area contributed by atoms with E-state index in [1.807, 2.05) is 24.3 Å². The van der Waals surface area contributed by atoms with Gasteiger partial charge in [-0.25, -0.2) is 4.39 Å². The zero-order valence-corrected chi connectivity index (χ0v) is 12.5. The van der Waals surface area contributed by atoms with Crippen LogP contribution in [-0.2, 0) is 11.8 Å². The molecule has 0 bridgehead atoms. The first kappa shape index (κ1) is 15.2. The molecule has 4 heteroatoms. The molecule has 0 spiro atoms. The minimum Gasteiger partial charge on any atom is -0.395 e. The fraction of sp³-hybridized carbons (Fsp3) is 0.250. The van der Waals surface area contributed by atoms with Crippen LogP contribution in [0, 0.1) is 5.82 Å². The first-order valence-electron chi connectivity index (χ1n) is 6.32. The maximum atomic E-state index is 13.8. The first-order valence-corrected chi connectivity index (χ1v) is 7.12. The van der Waals surface area contributed by atoms with Crippen molar-refractivity contribution in [2.75, 3.05) is 13.2 Å². The monoisotopic (exact) mass is 338 g/mol. The summed E-state index contributed by atoms with van der Waals surface area (Å²) in [6.45, 7) is -0.511. The molecule has 106 valence electrons. The van der Waals surface area contributed by atoms with Crippen molar-refractivity contribution in [2.45, 2.75) is 11.8 Å². The summed E-state index contributed by atoms with van der Waals surface area (Å²) in [7, 11) is 0. The summed E-state index contributed by atoms with van der Waals surface area (Å²) >= 11 is 3.38. The zero-order valence-electron chi connectivity index (χ0n) is 10.9. The summed E-state index contributed by atoms with van der Waals surface area (Å²) in [5, 5.41) is 19.6. The Balaban J connectivity index is 2.42. The predicted molar refractivity (Wildman–Crippen MR) is 80.1 cm³/mol. The first-order chi connectivity index (χ1) is 9.61. The van der Waals surface area contributed by atoms with Gasteiger partial charge in [-0.3, -0.25) is 0 Å². The molecule has 0 aromatic heterocycles. The molecule has 0 radical (unpaired) electrons. The Hall–Kier alpha value is -1.23. The van der Waals surface area contributed by atoms with E-state index in [1.54, 1.807) is 18.2 Å². The molecule has 0 unspecified atom stereocenters. The van der Waals surface area contributed by atoms with Gasteiger partial charge in [-0.2, -0.15) is 0 Å². The van der Waals surface area contributed by atoms with E-state index in [0.717, 1.165) is 10.0 Å². The summed E-state index contributed by atoms with van der Waals surface area (Å²) in [6, 6.07) is 13.8. The van der Waals surface area contributed by atoms with Gasteiger partial charge < -0.3 is 10.2 Å². The predicted octanol–water partition coefficient (Wildman–Crippen LogP) is 3.05. The Labute approximate surface area is 126 Å². The van der Waals surface area contributed by atoms with Gasteiger partial charge in [0.05, 0.1) is 13.2 Å². The summed E-state index contributed by atoms with van der Waals surface area (Å²) in [5.41, 5.74) is 0.363. The summed E-state index contributed by atoms with van der Waals surface area (Å²) < 4.78 is 14.7. The lowest BCUT2D eigenvalue weighted by Gasteiger charge is -2.31. The molecule has 2 aromatic rings. The van der Waals surface area contributed by atoms with Crippen molar-refractivity contribution in [3.8, 4) is 0 Å². The molecule has 2 nitrogen and oxygen atoms in total. The van der Waals surface area contributed by atoms with Crippen molar-refractivity contribution in [2.24, 2.45) is 0 Å². The SMILES string of the molecule is OCC(CO)(Cc1ccccc1F)c1cccc(Br)c1. The molecular weight excluding hydrogens is 323 g/mol. The lowest BCUT2D eigenvalue weighted by molar-refractivity contribution is 0.115. The average molecular weight is 339 g/mol. The molecule has 0 heterocycles. The Morgan fingerprint density at radius 3 is 2.30 bits per heavy atom. The van der Waals surface area contributed by atoms with Gasteiger partial charge in [0, 0.05) is 9.89 Å². The molecule has 0 aliphatic carbocycles. The summed E-state index contributed by atoms with van der Waals surface area (Å²) in [5.74, 6) is -0.325. The molecule has 2 aromatic carbocycles. The van der Waals surface area contributed by atoms with Crippen LogP contribution in [0.25, 0.3) is 0 Å². The molecule has 2 N–H and O–H groups in total. The second-order valence-corrected chi connectivity index (χ2v) is 5.79. The van der Waals surface area contributed by atoms with Gasteiger partial charge in [0.2, 0.25) is 0 Å². The molecule has 20 heavy (non-hydrogen) atoms. The van der Waals surface area contributed by atoms with Crippen LogP contribution < -0.4 is 0 Å². The topological polar surface area (TPSA) is 40.5 Å². The van der Waals surface area contributed by atoms with E-state index in [9.17, 15) is 14.6 Å². The Morgan fingerprint density at radius 1 is 1.00 bits per heavy atom. The number of hydrogen-bond donors (Lipinski definition) is 2. The molecule has 0 amide bonds. The third-order valence-electron chi connectivity index (χ3n) is 3.53. The van der Waals surface area contributed by atoms with Crippen LogP contribution in [0.5, 0.6) is 0 Å². The molecule has 0 aliphatic heterocycles. The van der Waals surface area contributed by atoms with Crippen LogP contribution in [0.3, 0.4) is 0 Å². The summed E-state index contributed by atoms with van der Waals surface area (Å²) in [6.07, 6.45) is 0.239. The lowest BCUT2D eigenvalue weighted by Crippen LogP contribution is -2.37. The van der Waals surface area contributed by atoms with E-state index in [0.29, 0.717) is 5.56 Å². The molecule has 2 rings (SSSR count). The fourth-order valence-electron chi connectivity index (χ4n) is 2.27. The van der Waals surface area contributed by atoms with Crippen molar-refractivity contribution in [3.63, 3.8) is 0 Å². The van der Waals surface area contributed by atoms with Gasteiger partial charge in [-0.05, 0) is 35.7 Å². The maximum Gasteiger partial charge on any atom is 0.126 e. The number of benzene rings is 2. The quantitative estimate of drug-likeness (QED) is 0.879. The average Bonchev–Trinajstić information content (AvgIpc) is 2.47. The fourth-order valence-corrected chi connectivity index (χ4v) is 2.67. The largest absolute Gasteiger partial charge is 0.395 e. The van der Waals surface area contributed by atoms with E-state index in [2.05, 4.69) is 15.9 Å². The number of aliphatic hydroxyl groups is 2. The third kappa shape index (κ3) is 3.08. The van der Waals surface area contributed by atoms with E-state index >= 15 is 0 Å². The molecule has 0 aliphatic rings. The van der Waals surface area contributed by atoms with Gasteiger partial charge in [0.15, 0.2) is 0 Å². The summed E-state index contributed by atoms with van der Waals surface area (Å²) in [4.78, 5) is 0. The van der Waals surface area contributed by atoms with Gasteiger partial charge in [-0.15, -0.1) is 0 Å². The second-order valence-electron chi connectivity index (χ2n) is 4.88. The van der Waals surface area contributed by atoms with Crippen LogP contribution in [0.4, 0.5) is 4.39 Å². The smallest absolute Gasteiger partial charge is 0.126 e. The van der Waals surface area contributed by atoms with E-state index in [1.165, 1.54) is 6.07 Å². The van der Waals surface area contributed by atoms with Crippen LogP contribution >= 0.6 is 15.9 Å². The standard InChI is InChI=1S/C16H16BrFO2/c17-14-6-3-5-13(8-14)16(10-19,11-20)9-12-4-1-2-7-15(12)18/h1-8,19-20H,9-11H2. The molecule has 0 saturated carbocycles. The van der Waals surface area contributed by atoms with Crippen molar-refractivity contribution in [1.29, 1.82) is 0 Å². The van der Waals surface area contributed by atoms with Gasteiger partial charge >= 0.3 is 0 Å². The van der Waals surface area contributed by atoms with Crippen LogP contribution in [0.1, 0.15) is 11.1 Å². The minimum atomic E-state index is -0.897. The Kier molecular flexibility index (Phi) is 4.91. The Bertz CT molecular complexity index is 582. The molecule has 0 saturated heterocycles. The van der Waals surface area contributed by atoms with Gasteiger partial charge in [0.25, 0.3) is 0 Å². The van der Waals surface area contributed by atoms with Gasteiger partial charge in [0.1, 0.15) is 5.82 Å². The normalized spacial score (nSPS) is 11.6. The Morgan fingerprint density at radius 2 is 1.70 bits per heavy atom. The highest BCUT2D eigenvalue weighted by Crippen LogP contribution is 2.30. The number of hydrogen-bond acceptors (Lipinski definition) is 2. The second kappa shape index (κ2) is 6.48.